The van der Waals surface area contributed by atoms with Gasteiger partial charge in [0, 0.05) is 6.42 Å². The third kappa shape index (κ3) is 5.68. The van der Waals surface area contributed by atoms with Gasteiger partial charge in [0.25, 0.3) is 0 Å². The van der Waals surface area contributed by atoms with Crippen molar-refractivity contribution in [3.8, 4) is 0 Å². The van der Waals surface area contributed by atoms with E-state index >= 15 is 0 Å². The highest BCUT2D eigenvalue weighted by Gasteiger charge is 2.05. The summed E-state index contributed by atoms with van der Waals surface area (Å²) in [4.78, 5) is 4.29. The van der Waals surface area contributed by atoms with E-state index in [1.807, 2.05) is 6.21 Å². The molecule has 0 bridgehead atoms. The molecular weight excluding hydrogens is 212 g/mol. The zero-order valence-corrected chi connectivity index (χ0v) is 11.0. The van der Waals surface area contributed by atoms with Crippen molar-refractivity contribution in [2.75, 3.05) is 26.7 Å². The first-order valence-electron chi connectivity index (χ1n) is 6.50. The molecule has 1 rings (SSSR count). The van der Waals surface area contributed by atoms with Crippen molar-refractivity contribution in [2.45, 2.75) is 32.6 Å². The molecule has 0 amide bonds. The molecule has 0 atom stereocenters. The van der Waals surface area contributed by atoms with Gasteiger partial charge >= 0.3 is 0 Å². The van der Waals surface area contributed by atoms with E-state index in [1.165, 1.54) is 12.0 Å². The lowest BCUT2D eigenvalue weighted by atomic mass is 10.1. The number of nitrogens with zero attached hydrogens (tertiary/aromatic N) is 1. The summed E-state index contributed by atoms with van der Waals surface area (Å²) in [5.41, 5.74) is 1.31. The molecule has 0 radical (unpaired) electrons. The lowest BCUT2D eigenvalue weighted by Gasteiger charge is -2.11. The van der Waals surface area contributed by atoms with Crippen molar-refractivity contribution in [1.29, 1.82) is 0 Å². The van der Waals surface area contributed by atoms with Crippen LogP contribution in [0.4, 0.5) is 0 Å². The van der Waals surface area contributed by atoms with Gasteiger partial charge in [-0.25, -0.2) is 0 Å². The molecule has 0 spiro atoms. The van der Waals surface area contributed by atoms with Crippen LogP contribution in [0.15, 0.2) is 28.5 Å². The number of rotatable bonds is 6. The Morgan fingerprint density at radius 1 is 1.41 bits per heavy atom. The Balaban J connectivity index is 2.56. The molecule has 0 aromatic rings. The Labute approximate surface area is 105 Å². The third-order valence-electron chi connectivity index (χ3n) is 2.76. The fourth-order valence-corrected chi connectivity index (χ4v) is 1.85. The van der Waals surface area contributed by atoms with E-state index in [-0.39, 0.29) is 0 Å². The Morgan fingerprint density at radius 2 is 2.29 bits per heavy atom. The topological polar surface area (TPSA) is 33.6 Å². The van der Waals surface area contributed by atoms with Gasteiger partial charge in [0.05, 0.1) is 19.4 Å². The Hall–Kier alpha value is -1.09. The molecular formula is C14H24N2O. The van der Waals surface area contributed by atoms with Gasteiger partial charge in [-0.2, -0.15) is 0 Å². The van der Waals surface area contributed by atoms with Crippen LogP contribution >= 0.6 is 0 Å². The Morgan fingerprint density at radius 3 is 3.06 bits per heavy atom. The van der Waals surface area contributed by atoms with Crippen molar-refractivity contribution >= 4 is 6.21 Å². The minimum Gasteiger partial charge on any atom is -0.501 e. The summed E-state index contributed by atoms with van der Waals surface area (Å²) in [5.74, 6) is 1.10. The highest BCUT2D eigenvalue weighted by atomic mass is 16.5. The summed E-state index contributed by atoms with van der Waals surface area (Å²) in [5, 5.41) is 3.42. The average molecular weight is 236 g/mol. The highest BCUT2D eigenvalue weighted by molar-refractivity contribution is 5.58. The molecule has 0 fully saturated rings. The monoisotopic (exact) mass is 236 g/mol. The molecule has 3 nitrogen and oxygen atoms in total. The molecule has 0 aliphatic carbocycles. The van der Waals surface area contributed by atoms with E-state index in [1.54, 1.807) is 7.11 Å². The molecule has 0 aromatic carbocycles. The molecule has 0 aromatic heterocycles. The first kappa shape index (κ1) is 14.0. The van der Waals surface area contributed by atoms with Crippen LogP contribution < -0.4 is 5.32 Å². The molecule has 17 heavy (non-hydrogen) atoms. The SMILES string of the molecule is CCCNCCC1=C(\OC)CC/C=N\C/C=C\1. The minimum atomic E-state index is 0.781. The molecule has 3 heteroatoms. The second-order valence-corrected chi connectivity index (χ2v) is 4.14. The van der Waals surface area contributed by atoms with E-state index in [9.17, 15) is 0 Å². The third-order valence-corrected chi connectivity index (χ3v) is 2.76. The summed E-state index contributed by atoms with van der Waals surface area (Å²) in [7, 11) is 1.76. The first-order valence-corrected chi connectivity index (χ1v) is 6.50. The molecule has 0 saturated heterocycles. The summed E-state index contributed by atoms with van der Waals surface area (Å²) >= 11 is 0. The smallest absolute Gasteiger partial charge is 0.0991 e. The van der Waals surface area contributed by atoms with Gasteiger partial charge in [0.2, 0.25) is 0 Å². The van der Waals surface area contributed by atoms with Crippen LogP contribution in [0.1, 0.15) is 32.6 Å². The van der Waals surface area contributed by atoms with Gasteiger partial charge < -0.3 is 10.1 Å². The van der Waals surface area contributed by atoms with Crippen molar-refractivity contribution in [3.05, 3.63) is 23.5 Å². The second-order valence-electron chi connectivity index (χ2n) is 4.14. The van der Waals surface area contributed by atoms with Crippen LogP contribution in [0.2, 0.25) is 0 Å². The van der Waals surface area contributed by atoms with Crippen LogP contribution in [0, 0.1) is 0 Å². The van der Waals surface area contributed by atoms with Gasteiger partial charge in [-0.1, -0.05) is 19.1 Å². The zero-order chi connectivity index (χ0) is 12.3. The fraction of sp³-hybridized carbons (Fsp3) is 0.643. The lowest BCUT2D eigenvalue weighted by molar-refractivity contribution is 0.274. The van der Waals surface area contributed by atoms with Gasteiger partial charge in [-0.05, 0) is 44.1 Å². The maximum absolute atomic E-state index is 5.49. The number of allylic oxidation sites excluding steroid dienone is 2. The van der Waals surface area contributed by atoms with E-state index in [0.29, 0.717) is 0 Å². The molecule has 1 heterocycles. The van der Waals surface area contributed by atoms with Crippen LogP contribution in [-0.4, -0.2) is 33.0 Å². The molecule has 96 valence electrons. The van der Waals surface area contributed by atoms with Crippen molar-refractivity contribution in [3.63, 3.8) is 0 Å². The number of aliphatic imine (C=N–C) groups is 1. The van der Waals surface area contributed by atoms with Gasteiger partial charge in [-0.15, -0.1) is 0 Å². The predicted octanol–water partition coefficient (Wildman–Crippen LogP) is 2.70. The number of hydrogen-bond acceptors (Lipinski definition) is 3. The molecule has 1 aliphatic rings. The van der Waals surface area contributed by atoms with E-state index in [0.717, 1.165) is 44.7 Å². The van der Waals surface area contributed by atoms with E-state index in [4.69, 9.17) is 4.74 Å². The van der Waals surface area contributed by atoms with Crippen LogP contribution in [-0.2, 0) is 4.74 Å². The number of nitrogens with one attached hydrogen (secondary N) is 1. The molecule has 1 aliphatic heterocycles. The Kier molecular flexibility index (Phi) is 7.39. The number of ether oxygens (including phenoxy) is 1. The zero-order valence-electron chi connectivity index (χ0n) is 11.0. The minimum absolute atomic E-state index is 0.781. The molecule has 0 saturated carbocycles. The Bertz CT molecular complexity index is 293. The number of hydrogen-bond donors (Lipinski definition) is 1. The summed E-state index contributed by atoms with van der Waals surface area (Å²) < 4.78 is 5.49. The largest absolute Gasteiger partial charge is 0.501 e. The maximum Gasteiger partial charge on any atom is 0.0991 e. The average Bonchev–Trinajstić information content (AvgIpc) is 2.46. The maximum atomic E-state index is 5.49. The summed E-state index contributed by atoms with van der Waals surface area (Å²) in [6.45, 7) is 5.07. The van der Waals surface area contributed by atoms with Gasteiger partial charge in [0.15, 0.2) is 0 Å². The standard InChI is InChI=1S/C14H24N2O/c1-3-9-15-12-8-13-6-4-10-16-11-5-7-14(13)17-2/h4,6,11,15H,3,5,7-10,12H2,1-2H3/b6-4-,14-13-,16-11-. The van der Waals surface area contributed by atoms with Crippen molar-refractivity contribution < 1.29 is 4.74 Å². The van der Waals surface area contributed by atoms with Crippen LogP contribution in [0.5, 0.6) is 0 Å². The van der Waals surface area contributed by atoms with Crippen molar-refractivity contribution in [1.82, 2.24) is 5.32 Å². The molecule has 1 N–H and O–H groups in total. The lowest BCUT2D eigenvalue weighted by Crippen LogP contribution is -2.16. The fourth-order valence-electron chi connectivity index (χ4n) is 1.85. The quantitative estimate of drug-likeness (QED) is 0.719. The van der Waals surface area contributed by atoms with Gasteiger partial charge in [-0.3, -0.25) is 4.99 Å². The second kappa shape index (κ2) is 8.99. The van der Waals surface area contributed by atoms with E-state index in [2.05, 4.69) is 29.4 Å². The summed E-state index contributed by atoms with van der Waals surface area (Å²) in [6.07, 6.45) is 10.4. The summed E-state index contributed by atoms with van der Waals surface area (Å²) in [6, 6.07) is 0. The normalized spacial score (nSPS) is 24.6. The molecule has 0 unspecified atom stereocenters. The van der Waals surface area contributed by atoms with Crippen LogP contribution in [0.25, 0.3) is 0 Å². The van der Waals surface area contributed by atoms with Gasteiger partial charge in [0.1, 0.15) is 0 Å². The number of methoxy groups -OCH3 is 1. The predicted molar refractivity (Wildman–Crippen MR) is 73.5 cm³/mol. The van der Waals surface area contributed by atoms with E-state index < -0.39 is 0 Å². The highest BCUT2D eigenvalue weighted by Crippen LogP contribution is 2.17. The van der Waals surface area contributed by atoms with Crippen LogP contribution in [0.3, 0.4) is 0 Å². The first-order chi connectivity index (χ1) is 8.38. The van der Waals surface area contributed by atoms with Crippen molar-refractivity contribution in [2.24, 2.45) is 4.99 Å².